The van der Waals surface area contributed by atoms with Crippen molar-refractivity contribution in [1.29, 1.82) is 0 Å². The minimum absolute atomic E-state index is 0.0234. The van der Waals surface area contributed by atoms with Crippen molar-refractivity contribution in [2.24, 2.45) is 13.0 Å². The van der Waals surface area contributed by atoms with Gasteiger partial charge in [-0.1, -0.05) is 35.7 Å². The molecule has 3 atom stereocenters. The molecule has 5 aromatic rings. The van der Waals surface area contributed by atoms with Crippen LogP contribution >= 0.6 is 11.6 Å². The summed E-state index contributed by atoms with van der Waals surface area (Å²) in [7, 11) is 3.05. The Kier molecular flexibility index (Phi) is 11.1. The Bertz CT molecular complexity index is 2570. The average molecular weight is 840 g/mol. The number of ether oxygens (including phenoxy) is 1. The third kappa shape index (κ3) is 8.17. The molecule has 0 fully saturated rings. The number of hydrogen-bond donors (Lipinski definition) is 3. The third-order valence-electron chi connectivity index (χ3n) is 9.97. The standard InChI is InChI=1S/C41H36ClF6N7O4/c1-40(2,58)13-11-23-5-6-24(25-8-10-28(42)33-36(25)54(3)53-39(33)51-30(56)12-14-59-4)34(49-23)29(17-20-15-21(43)18-22(44)16-20)50-31(57)19-55-37-32(35(52-55)38(45)46)26-7-9-27(26)41(37,47)48/h5-10,15-16,18,26-27,29,38,58H,12,14,17,19H2,1-4H3,(H,50,57)(H,51,53,56). The number of alkyl halides is 4. The number of aryl methyl sites for hydroxylation is 1. The lowest BCUT2D eigenvalue weighted by molar-refractivity contribution is -0.123. The number of carbonyl (C=O) groups is 2. The molecule has 2 amide bonds. The first kappa shape index (κ1) is 41.5. The molecule has 2 aromatic carbocycles. The first-order valence-corrected chi connectivity index (χ1v) is 18.6. The number of fused-ring (bicyclic) bond motifs is 4. The summed E-state index contributed by atoms with van der Waals surface area (Å²) in [4.78, 5) is 31.5. The van der Waals surface area contributed by atoms with Crippen molar-refractivity contribution in [3.05, 3.63) is 105 Å². The number of benzene rings is 2. The van der Waals surface area contributed by atoms with Gasteiger partial charge in [-0.05, 0) is 62.1 Å². The van der Waals surface area contributed by atoms with Crippen molar-refractivity contribution in [2.75, 3.05) is 19.0 Å². The van der Waals surface area contributed by atoms with Crippen LogP contribution in [0.15, 0.2) is 54.6 Å². The fraction of sp³-hybridized carbons (Fsp3) is 0.341. The van der Waals surface area contributed by atoms with Crippen LogP contribution in [-0.2, 0) is 40.3 Å². The Morgan fingerprint density at radius 1 is 1.03 bits per heavy atom. The zero-order valence-corrected chi connectivity index (χ0v) is 32.6. The van der Waals surface area contributed by atoms with Crippen LogP contribution in [-0.4, -0.2) is 60.8 Å². The van der Waals surface area contributed by atoms with E-state index in [0.29, 0.717) is 32.8 Å². The summed E-state index contributed by atoms with van der Waals surface area (Å²) >= 11 is 6.69. The summed E-state index contributed by atoms with van der Waals surface area (Å²) in [5.74, 6) is -3.58. The Hall–Kier alpha value is -5.70. The van der Waals surface area contributed by atoms with Gasteiger partial charge in [0.25, 0.3) is 12.3 Å². The number of aromatic nitrogens is 5. The maximum atomic E-state index is 15.6. The summed E-state index contributed by atoms with van der Waals surface area (Å²) in [6.07, 6.45) is -0.876. The zero-order valence-electron chi connectivity index (χ0n) is 31.9. The van der Waals surface area contributed by atoms with Gasteiger partial charge in [-0.2, -0.15) is 19.0 Å². The summed E-state index contributed by atoms with van der Waals surface area (Å²) < 4.78 is 95.8. The number of nitrogens with one attached hydrogen (secondary N) is 2. The van der Waals surface area contributed by atoms with Gasteiger partial charge in [-0.3, -0.25) is 19.0 Å². The highest BCUT2D eigenvalue weighted by atomic mass is 35.5. The van der Waals surface area contributed by atoms with Gasteiger partial charge >= 0.3 is 0 Å². The lowest BCUT2D eigenvalue weighted by Crippen LogP contribution is -2.35. The number of carbonyl (C=O) groups excluding carboxylic acids is 2. The van der Waals surface area contributed by atoms with Crippen LogP contribution in [0.4, 0.5) is 32.2 Å². The molecule has 0 saturated carbocycles. The Morgan fingerprint density at radius 3 is 2.39 bits per heavy atom. The molecule has 0 aliphatic heterocycles. The van der Waals surface area contributed by atoms with Crippen molar-refractivity contribution < 1.29 is 45.8 Å². The first-order chi connectivity index (χ1) is 27.9. The number of allylic oxidation sites excluding steroid dienone is 2. The molecular formula is C41H36ClF6N7O4. The van der Waals surface area contributed by atoms with Gasteiger partial charge in [0.15, 0.2) is 5.82 Å². The van der Waals surface area contributed by atoms with E-state index in [9.17, 15) is 32.3 Å². The predicted octanol–water partition coefficient (Wildman–Crippen LogP) is 7.27. The molecule has 0 spiro atoms. The van der Waals surface area contributed by atoms with Crippen LogP contribution in [0.5, 0.6) is 0 Å². The van der Waals surface area contributed by atoms with Gasteiger partial charge in [-0.15, -0.1) is 0 Å². The van der Waals surface area contributed by atoms with E-state index >= 15 is 8.78 Å². The average Bonchev–Trinajstić information content (AvgIpc) is 3.70. The molecule has 18 heteroatoms. The largest absolute Gasteiger partial charge is 0.384 e. The Balaban J connectivity index is 1.37. The molecule has 3 N–H and O–H groups in total. The predicted molar refractivity (Wildman–Crippen MR) is 205 cm³/mol. The van der Waals surface area contributed by atoms with Crippen LogP contribution in [0.25, 0.3) is 22.0 Å². The van der Waals surface area contributed by atoms with Gasteiger partial charge in [-0.25, -0.2) is 22.5 Å². The second-order valence-corrected chi connectivity index (χ2v) is 15.2. The fourth-order valence-corrected chi connectivity index (χ4v) is 7.69. The maximum Gasteiger partial charge on any atom is 0.296 e. The second-order valence-electron chi connectivity index (χ2n) is 14.8. The summed E-state index contributed by atoms with van der Waals surface area (Å²) in [6, 6.07) is 7.76. The quantitative estimate of drug-likeness (QED) is 0.0683. The van der Waals surface area contributed by atoms with Gasteiger partial charge in [0.2, 0.25) is 11.8 Å². The number of methoxy groups -OCH3 is 1. The molecule has 3 aromatic heterocycles. The van der Waals surface area contributed by atoms with Crippen LogP contribution in [0.2, 0.25) is 5.02 Å². The van der Waals surface area contributed by atoms with Gasteiger partial charge in [0.1, 0.15) is 40.9 Å². The Morgan fingerprint density at radius 2 is 1.75 bits per heavy atom. The third-order valence-corrected chi connectivity index (χ3v) is 10.3. The molecule has 11 nitrogen and oxygen atoms in total. The first-order valence-electron chi connectivity index (χ1n) is 18.3. The van der Waals surface area contributed by atoms with Crippen molar-refractivity contribution in [2.45, 2.75) is 63.1 Å². The number of hydrogen-bond acceptors (Lipinski definition) is 7. The van der Waals surface area contributed by atoms with Gasteiger partial charge in [0.05, 0.1) is 46.6 Å². The van der Waals surface area contributed by atoms with Crippen LogP contribution in [0.3, 0.4) is 0 Å². The topological polar surface area (TPSA) is 136 Å². The number of halogens is 7. The van der Waals surface area contributed by atoms with E-state index in [1.165, 1.54) is 43.9 Å². The summed E-state index contributed by atoms with van der Waals surface area (Å²) in [5, 5.41) is 24.6. The number of amides is 2. The highest BCUT2D eigenvalue weighted by Gasteiger charge is 2.60. The second kappa shape index (κ2) is 15.8. The van der Waals surface area contributed by atoms with E-state index in [1.54, 1.807) is 25.2 Å². The van der Waals surface area contributed by atoms with E-state index in [-0.39, 0.29) is 52.8 Å². The normalized spacial score (nSPS) is 17.0. The maximum absolute atomic E-state index is 15.6. The van der Waals surface area contributed by atoms with Crippen LogP contribution < -0.4 is 10.6 Å². The lowest BCUT2D eigenvalue weighted by Gasteiger charge is -2.27. The molecule has 2 aliphatic carbocycles. The molecule has 7 rings (SSSR count). The van der Waals surface area contributed by atoms with Crippen molar-refractivity contribution in [3.63, 3.8) is 0 Å². The molecule has 308 valence electrons. The van der Waals surface area contributed by atoms with Gasteiger partial charge < -0.3 is 20.5 Å². The molecule has 59 heavy (non-hydrogen) atoms. The van der Waals surface area contributed by atoms with E-state index in [2.05, 4.69) is 32.7 Å². The number of rotatable bonds is 12. The van der Waals surface area contributed by atoms with Crippen molar-refractivity contribution in [1.82, 2.24) is 29.9 Å². The monoisotopic (exact) mass is 839 g/mol. The van der Waals surface area contributed by atoms with E-state index in [0.717, 1.165) is 12.1 Å². The van der Waals surface area contributed by atoms with E-state index in [1.807, 2.05) is 0 Å². The SMILES string of the molecule is COCCC(=O)Nc1nn(C)c2c(-c3ccc(C#CC(C)(C)O)nc3C(Cc3cc(F)cc(F)c3)NC(=O)Cn3nc(C(F)F)c4c3C(F)(F)C3C=CC43)ccc(Cl)c12. The van der Waals surface area contributed by atoms with Crippen molar-refractivity contribution >= 4 is 40.1 Å². The van der Waals surface area contributed by atoms with Crippen molar-refractivity contribution in [3.8, 4) is 23.0 Å². The van der Waals surface area contributed by atoms with E-state index < -0.39 is 77.2 Å². The van der Waals surface area contributed by atoms with E-state index in [4.69, 9.17) is 21.3 Å². The molecule has 3 unspecified atom stereocenters. The highest BCUT2D eigenvalue weighted by Crippen LogP contribution is 2.60. The van der Waals surface area contributed by atoms with Crippen LogP contribution in [0.1, 0.15) is 72.6 Å². The minimum Gasteiger partial charge on any atom is -0.384 e. The smallest absolute Gasteiger partial charge is 0.296 e. The number of nitrogens with zero attached hydrogens (tertiary/aromatic N) is 5. The molecule has 3 heterocycles. The number of anilines is 1. The highest BCUT2D eigenvalue weighted by molar-refractivity contribution is 6.37. The van der Waals surface area contributed by atoms with Gasteiger partial charge in [0, 0.05) is 42.8 Å². The Labute approximate surface area is 338 Å². The molecule has 2 aliphatic rings. The molecule has 0 bridgehead atoms. The minimum atomic E-state index is -3.60. The summed E-state index contributed by atoms with van der Waals surface area (Å²) in [5.41, 5.74) is -2.06. The lowest BCUT2D eigenvalue weighted by atomic mass is 9.81. The molecule has 0 radical (unpaired) electrons. The summed E-state index contributed by atoms with van der Waals surface area (Å²) in [6.45, 7) is 2.12. The zero-order chi connectivity index (χ0) is 42.6. The number of pyridine rings is 1. The van der Waals surface area contributed by atoms with Crippen LogP contribution in [0, 0.1) is 29.4 Å². The molecular weight excluding hydrogens is 804 g/mol. The number of aliphatic hydroxyl groups is 1. The fourth-order valence-electron chi connectivity index (χ4n) is 7.45. The molecule has 0 saturated heterocycles.